The second kappa shape index (κ2) is 5.20. The van der Waals surface area contributed by atoms with Gasteiger partial charge in [0.25, 0.3) is 0 Å². The largest absolute Gasteiger partial charge is 0.378 e. The molecule has 4 rings (SSSR count). The Kier molecular flexibility index (Phi) is 3.06. The van der Waals surface area contributed by atoms with Gasteiger partial charge in [0.2, 0.25) is 0 Å². The summed E-state index contributed by atoms with van der Waals surface area (Å²) in [5.41, 5.74) is 4.62. The maximum absolute atomic E-state index is 9.00. The molecule has 1 fully saturated rings. The molecule has 1 aliphatic rings. The molecule has 22 heavy (non-hydrogen) atoms. The van der Waals surface area contributed by atoms with Gasteiger partial charge in [-0.1, -0.05) is 0 Å². The number of ether oxygens (including phenoxy) is 1. The fraction of sp³-hybridized carbons (Fsp3) is 0.250. The van der Waals surface area contributed by atoms with Crippen molar-refractivity contribution in [2.45, 2.75) is 0 Å². The molecule has 0 aromatic carbocycles. The molecule has 1 aliphatic heterocycles. The monoisotopic (exact) mass is 293 g/mol. The van der Waals surface area contributed by atoms with Gasteiger partial charge in [-0.25, -0.2) is 4.98 Å². The second-order valence-corrected chi connectivity index (χ2v) is 5.27. The van der Waals surface area contributed by atoms with Crippen LogP contribution in [-0.4, -0.2) is 41.3 Å². The summed E-state index contributed by atoms with van der Waals surface area (Å²) < 4.78 is 5.44. The Labute approximate surface area is 127 Å². The number of anilines is 1. The van der Waals surface area contributed by atoms with Crippen LogP contribution in [0.3, 0.4) is 0 Å². The minimum Gasteiger partial charge on any atom is -0.378 e. The molecule has 110 valence electrons. The van der Waals surface area contributed by atoms with E-state index in [1.54, 1.807) is 0 Å². The Morgan fingerprint density at radius 1 is 1.23 bits per heavy atom. The van der Waals surface area contributed by atoms with Gasteiger partial charge < -0.3 is 19.6 Å². The van der Waals surface area contributed by atoms with E-state index in [4.69, 9.17) is 10.00 Å². The van der Waals surface area contributed by atoms with Crippen LogP contribution in [0.1, 0.15) is 5.69 Å². The van der Waals surface area contributed by atoms with Crippen LogP contribution in [0.4, 0.5) is 5.69 Å². The third kappa shape index (κ3) is 2.03. The van der Waals surface area contributed by atoms with Crippen LogP contribution < -0.4 is 4.90 Å². The third-order valence-corrected chi connectivity index (χ3v) is 4.02. The number of aromatic nitrogens is 3. The molecule has 2 N–H and O–H groups in total. The molecule has 0 spiro atoms. The van der Waals surface area contributed by atoms with Crippen molar-refractivity contribution < 1.29 is 4.74 Å². The SMILES string of the molecule is N#Cc1cc(-c2c[nH]c3nccc(N4CCOCC4)c23)c[nH]1. The zero-order valence-electron chi connectivity index (χ0n) is 12.0. The molecular weight excluding hydrogens is 278 g/mol. The molecule has 0 saturated carbocycles. The third-order valence-electron chi connectivity index (χ3n) is 4.02. The van der Waals surface area contributed by atoms with E-state index < -0.39 is 0 Å². The summed E-state index contributed by atoms with van der Waals surface area (Å²) in [4.78, 5) is 12.9. The average Bonchev–Trinajstić information content (AvgIpc) is 3.21. The molecule has 0 aliphatic carbocycles. The number of H-pyrrole nitrogens is 2. The number of fused-ring (bicyclic) bond motifs is 1. The van der Waals surface area contributed by atoms with Gasteiger partial charge in [0.15, 0.2) is 0 Å². The highest BCUT2D eigenvalue weighted by Crippen LogP contribution is 2.35. The standard InChI is InChI=1S/C16H15N5O/c17-8-12-7-11(9-19-12)13-10-20-16-15(13)14(1-2-18-16)21-3-5-22-6-4-21/h1-2,7,9-10,19H,3-6H2,(H,18,20). The van der Waals surface area contributed by atoms with Crippen LogP contribution in [-0.2, 0) is 4.74 Å². The fourth-order valence-corrected chi connectivity index (χ4v) is 2.95. The maximum atomic E-state index is 9.00. The lowest BCUT2D eigenvalue weighted by Gasteiger charge is -2.29. The molecule has 3 aromatic rings. The lowest BCUT2D eigenvalue weighted by molar-refractivity contribution is 0.123. The molecule has 6 heteroatoms. The molecule has 3 aromatic heterocycles. The van der Waals surface area contributed by atoms with Crippen molar-refractivity contribution in [1.29, 1.82) is 5.26 Å². The smallest absolute Gasteiger partial charge is 0.139 e. The molecule has 4 heterocycles. The average molecular weight is 293 g/mol. The normalized spacial score (nSPS) is 15.1. The van der Waals surface area contributed by atoms with Gasteiger partial charge in [0, 0.05) is 48.2 Å². The highest BCUT2D eigenvalue weighted by molar-refractivity contribution is 6.02. The number of nitrogens with zero attached hydrogens (tertiary/aromatic N) is 3. The molecule has 0 bridgehead atoms. The number of nitrogens with one attached hydrogen (secondary N) is 2. The van der Waals surface area contributed by atoms with Crippen molar-refractivity contribution in [3.63, 3.8) is 0 Å². The molecule has 0 unspecified atom stereocenters. The topological polar surface area (TPSA) is 80.7 Å². The van der Waals surface area contributed by atoms with Gasteiger partial charge in [0.1, 0.15) is 17.4 Å². The molecule has 1 saturated heterocycles. The lowest BCUT2D eigenvalue weighted by atomic mass is 10.1. The van der Waals surface area contributed by atoms with E-state index in [2.05, 4.69) is 25.9 Å². The fourth-order valence-electron chi connectivity index (χ4n) is 2.95. The zero-order valence-corrected chi connectivity index (χ0v) is 12.0. The number of nitriles is 1. The number of hydrogen-bond donors (Lipinski definition) is 2. The Hall–Kier alpha value is -2.78. The summed E-state index contributed by atoms with van der Waals surface area (Å²) in [6.45, 7) is 3.24. The Morgan fingerprint density at radius 2 is 2.09 bits per heavy atom. The van der Waals surface area contributed by atoms with E-state index in [0.717, 1.165) is 54.2 Å². The van der Waals surface area contributed by atoms with Gasteiger partial charge in [0.05, 0.1) is 18.9 Å². The number of morpholine rings is 1. The van der Waals surface area contributed by atoms with Crippen molar-refractivity contribution in [1.82, 2.24) is 15.0 Å². The number of rotatable bonds is 2. The van der Waals surface area contributed by atoms with Crippen LogP contribution in [0, 0.1) is 11.3 Å². The van der Waals surface area contributed by atoms with Crippen molar-refractivity contribution in [2.75, 3.05) is 31.2 Å². The van der Waals surface area contributed by atoms with E-state index in [0.29, 0.717) is 5.69 Å². The first kappa shape index (κ1) is 12.9. The van der Waals surface area contributed by atoms with Crippen molar-refractivity contribution in [2.24, 2.45) is 0 Å². The molecular formula is C16H15N5O. The molecule has 0 radical (unpaired) electrons. The number of aromatic amines is 2. The lowest BCUT2D eigenvalue weighted by Crippen LogP contribution is -2.36. The highest BCUT2D eigenvalue weighted by Gasteiger charge is 2.18. The van der Waals surface area contributed by atoms with Crippen molar-refractivity contribution >= 4 is 16.7 Å². The van der Waals surface area contributed by atoms with Crippen LogP contribution in [0.5, 0.6) is 0 Å². The summed E-state index contributed by atoms with van der Waals surface area (Å²) in [5, 5.41) is 10.1. The molecule has 0 amide bonds. The summed E-state index contributed by atoms with van der Waals surface area (Å²) in [5.74, 6) is 0. The van der Waals surface area contributed by atoms with E-state index in [1.807, 2.05) is 30.7 Å². The number of pyridine rings is 1. The van der Waals surface area contributed by atoms with Crippen molar-refractivity contribution in [3.8, 4) is 17.2 Å². The summed E-state index contributed by atoms with van der Waals surface area (Å²) in [7, 11) is 0. The highest BCUT2D eigenvalue weighted by atomic mass is 16.5. The Bertz CT molecular complexity index is 851. The van der Waals surface area contributed by atoms with Gasteiger partial charge in [-0.2, -0.15) is 5.26 Å². The van der Waals surface area contributed by atoms with Crippen molar-refractivity contribution in [3.05, 3.63) is 36.4 Å². The number of hydrogen-bond acceptors (Lipinski definition) is 4. The van der Waals surface area contributed by atoms with E-state index in [9.17, 15) is 0 Å². The van der Waals surface area contributed by atoms with E-state index in [-0.39, 0.29) is 0 Å². The quantitative estimate of drug-likeness (QED) is 0.759. The van der Waals surface area contributed by atoms with Crippen LogP contribution in [0.25, 0.3) is 22.2 Å². The maximum Gasteiger partial charge on any atom is 0.139 e. The first-order valence-electron chi connectivity index (χ1n) is 7.24. The summed E-state index contributed by atoms with van der Waals surface area (Å²) in [6.07, 6.45) is 5.63. The summed E-state index contributed by atoms with van der Waals surface area (Å²) in [6, 6.07) is 6.03. The Balaban J connectivity index is 1.87. The predicted octanol–water partition coefficient (Wildman–Crippen LogP) is 2.27. The van der Waals surface area contributed by atoms with Gasteiger partial charge in [-0.3, -0.25) is 0 Å². The zero-order chi connectivity index (χ0) is 14.9. The first-order chi connectivity index (χ1) is 10.9. The summed E-state index contributed by atoms with van der Waals surface area (Å²) >= 11 is 0. The van der Waals surface area contributed by atoms with Crippen LogP contribution in [0.15, 0.2) is 30.7 Å². The van der Waals surface area contributed by atoms with Gasteiger partial charge in [-0.15, -0.1) is 0 Å². The minimum atomic E-state index is 0.557. The minimum absolute atomic E-state index is 0.557. The van der Waals surface area contributed by atoms with Gasteiger partial charge in [-0.05, 0) is 12.1 Å². The van der Waals surface area contributed by atoms with Gasteiger partial charge >= 0.3 is 0 Å². The van der Waals surface area contributed by atoms with Crippen LogP contribution in [0.2, 0.25) is 0 Å². The molecule has 0 atom stereocenters. The molecule has 6 nitrogen and oxygen atoms in total. The Morgan fingerprint density at radius 3 is 2.86 bits per heavy atom. The predicted molar refractivity (Wildman–Crippen MR) is 83.6 cm³/mol. The van der Waals surface area contributed by atoms with Crippen LogP contribution >= 0.6 is 0 Å². The second-order valence-electron chi connectivity index (χ2n) is 5.27. The van der Waals surface area contributed by atoms with E-state index in [1.165, 1.54) is 0 Å². The van der Waals surface area contributed by atoms with E-state index >= 15 is 0 Å². The first-order valence-corrected chi connectivity index (χ1v) is 7.24.